The van der Waals surface area contributed by atoms with Crippen LogP contribution in [0.15, 0.2) is 23.1 Å². The minimum Gasteiger partial charge on any atom is -0.480 e. The molecule has 0 saturated carbocycles. The van der Waals surface area contributed by atoms with Gasteiger partial charge in [-0.2, -0.15) is 4.72 Å². The molecular weight excluding hydrogens is 332 g/mol. The molecule has 8 heteroatoms. The average molecular weight is 354 g/mol. The van der Waals surface area contributed by atoms with Gasteiger partial charge in [0.25, 0.3) is 0 Å². The number of amides is 1. The summed E-state index contributed by atoms with van der Waals surface area (Å²) in [5, 5.41) is 9.27. The number of aliphatic carboxylic acids is 1. The van der Waals surface area contributed by atoms with Crippen LogP contribution >= 0.6 is 0 Å². The van der Waals surface area contributed by atoms with Crippen molar-refractivity contribution >= 4 is 27.6 Å². The second-order valence-electron chi connectivity index (χ2n) is 6.03. The van der Waals surface area contributed by atoms with Gasteiger partial charge in [-0.05, 0) is 30.0 Å². The SMILES string of the molecule is CC[C@H](C)[C@H](NS(=O)(=O)c1ccc2c(c1)N(C(C)=O)CC2)C(=O)O. The zero-order valence-electron chi connectivity index (χ0n) is 13.9. The van der Waals surface area contributed by atoms with Gasteiger partial charge in [0.05, 0.1) is 4.90 Å². The Kier molecular flexibility index (Phi) is 5.29. The molecule has 0 aliphatic carbocycles. The monoisotopic (exact) mass is 354 g/mol. The van der Waals surface area contributed by atoms with E-state index in [4.69, 9.17) is 0 Å². The fraction of sp³-hybridized carbons (Fsp3) is 0.500. The third-order valence-corrected chi connectivity index (χ3v) is 5.84. The number of sulfonamides is 1. The van der Waals surface area contributed by atoms with Gasteiger partial charge in [-0.25, -0.2) is 8.42 Å². The second-order valence-corrected chi connectivity index (χ2v) is 7.75. The molecule has 1 aliphatic rings. The van der Waals surface area contributed by atoms with Crippen molar-refractivity contribution < 1.29 is 23.1 Å². The van der Waals surface area contributed by atoms with Crippen LogP contribution < -0.4 is 9.62 Å². The van der Waals surface area contributed by atoms with Gasteiger partial charge in [0.1, 0.15) is 6.04 Å². The molecule has 1 aliphatic heterocycles. The molecular formula is C16H22N2O5S. The number of carboxylic acids is 1. The van der Waals surface area contributed by atoms with Crippen LogP contribution in [0, 0.1) is 5.92 Å². The van der Waals surface area contributed by atoms with E-state index in [1.807, 2.05) is 0 Å². The highest BCUT2D eigenvalue weighted by Gasteiger charge is 2.31. The summed E-state index contributed by atoms with van der Waals surface area (Å²) in [5.41, 5.74) is 1.47. The first kappa shape index (κ1) is 18.4. The summed E-state index contributed by atoms with van der Waals surface area (Å²) in [4.78, 5) is 24.5. The molecule has 132 valence electrons. The van der Waals surface area contributed by atoms with E-state index in [2.05, 4.69) is 4.72 Å². The molecule has 1 aromatic carbocycles. The normalized spacial score (nSPS) is 16.5. The Morgan fingerprint density at radius 1 is 1.38 bits per heavy atom. The van der Waals surface area contributed by atoms with E-state index in [9.17, 15) is 23.1 Å². The molecule has 2 N–H and O–H groups in total. The van der Waals surface area contributed by atoms with Gasteiger partial charge in [0.15, 0.2) is 0 Å². The highest BCUT2D eigenvalue weighted by atomic mass is 32.2. The number of fused-ring (bicyclic) bond motifs is 1. The molecule has 1 aromatic rings. The smallest absolute Gasteiger partial charge is 0.322 e. The highest BCUT2D eigenvalue weighted by Crippen LogP contribution is 2.30. The minimum absolute atomic E-state index is 0.0380. The Morgan fingerprint density at radius 3 is 2.58 bits per heavy atom. The molecule has 0 spiro atoms. The molecule has 0 bridgehead atoms. The summed E-state index contributed by atoms with van der Waals surface area (Å²) in [6, 6.07) is 3.35. The van der Waals surface area contributed by atoms with Crippen molar-refractivity contribution in [3.05, 3.63) is 23.8 Å². The Balaban J connectivity index is 2.35. The fourth-order valence-electron chi connectivity index (χ4n) is 2.73. The number of carbonyl (C=O) groups is 2. The summed E-state index contributed by atoms with van der Waals surface area (Å²) in [6.45, 7) is 5.43. The lowest BCUT2D eigenvalue weighted by molar-refractivity contribution is -0.140. The predicted octanol–water partition coefficient (Wildman–Crippen LogP) is 1.37. The molecule has 0 unspecified atom stereocenters. The Bertz CT molecular complexity index is 760. The maximum absolute atomic E-state index is 12.6. The summed E-state index contributed by atoms with van der Waals surface area (Å²) in [5.74, 6) is -1.71. The lowest BCUT2D eigenvalue weighted by atomic mass is 10.0. The van der Waals surface area contributed by atoms with E-state index in [1.165, 1.54) is 24.0 Å². The zero-order valence-corrected chi connectivity index (χ0v) is 14.8. The summed E-state index contributed by atoms with van der Waals surface area (Å²) in [6.07, 6.45) is 1.20. The van der Waals surface area contributed by atoms with E-state index < -0.39 is 22.0 Å². The molecule has 0 fully saturated rings. The summed E-state index contributed by atoms with van der Waals surface area (Å²) < 4.78 is 27.4. The standard InChI is InChI=1S/C16H22N2O5S/c1-4-10(2)15(16(20)21)17-24(22,23)13-6-5-12-7-8-18(11(3)19)14(12)9-13/h5-6,9-10,15,17H,4,7-8H2,1-3H3,(H,20,21)/t10-,15-/m0/s1. The van der Waals surface area contributed by atoms with Gasteiger partial charge in [0.2, 0.25) is 15.9 Å². The first-order valence-corrected chi connectivity index (χ1v) is 9.32. The third-order valence-electron chi connectivity index (χ3n) is 4.40. The fourth-order valence-corrected chi connectivity index (χ4v) is 4.05. The molecule has 2 rings (SSSR count). The Labute approximate surface area is 141 Å². The summed E-state index contributed by atoms with van der Waals surface area (Å²) in [7, 11) is -4.00. The first-order valence-electron chi connectivity index (χ1n) is 7.83. The maximum atomic E-state index is 12.6. The molecule has 1 heterocycles. The number of carboxylic acid groups (broad SMARTS) is 1. The minimum atomic E-state index is -4.00. The van der Waals surface area contributed by atoms with Crippen molar-refractivity contribution in [2.45, 2.75) is 44.6 Å². The molecule has 1 amide bonds. The van der Waals surface area contributed by atoms with Crippen LogP contribution in [-0.2, 0) is 26.0 Å². The van der Waals surface area contributed by atoms with Crippen LogP contribution in [0.25, 0.3) is 0 Å². The van der Waals surface area contributed by atoms with Crippen molar-refractivity contribution in [3.8, 4) is 0 Å². The van der Waals surface area contributed by atoms with Crippen molar-refractivity contribution in [1.29, 1.82) is 0 Å². The number of hydrogen-bond acceptors (Lipinski definition) is 4. The van der Waals surface area contributed by atoms with Gasteiger partial charge in [-0.3, -0.25) is 9.59 Å². The van der Waals surface area contributed by atoms with Crippen LogP contribution in [0.2, 0.25) is 0 Å². The molecule has 2 atom stereocenters. The third kappa shape index (κ3) is 3.59. The lowest BCUT2D eigenvalue weighted by Crippen LogP contribution is -2.44. The maximum Gasteiger partial charge on any atom is 0.322 e. The molecule has 0 saturated heterocycles. The number of anilines is 1. The quantitative estimate of drug-likeness (QED) is 0.803. The van der Waals surface area contributed by atoms with E-state index in [0.29, 0.717) is 25.1 Å². The van der Waals surface area contributed by atoms with Crippen molar-refractivity contribution in [1.82, 2.24) is 4.72 Å². The Morgan fingerprint density at radius 2 is 2.04 bits per heavy atom. The van der Waals surface area contributed by atoms with Crippen molar-refractivity contribution in [3.63, 3.8) is 0 Å². The van der Waals surface area contributed by atoms with E-state index in [-0.39, 0.29) is 16.7 Å². The van der Waals surface area contributed by atoms with Gasteiger partial charge < -0.3 is 10.0 Å². The number of carbonyl (C=O) groups excluding carboxylic acids is 1. The van der Waals surface area contributed by atoms with E-state index >= 15 is 0 Å². The first-order chi connectivity index (χ1) is 11.2. The van der Waals surface area contributed by atoms with Gasteiger partial charge >= 0.3 is 5.97 Å². The second kappa shape index (κ2) is 6.90. The van der Waals surface area contributed by atoms with Crippen LogP contribution in [0.1, 0.15) is 32.8 Å². The molecule has 0 radical (unpaired) electrons. The topological polar surface area (TPSA) is 104 Å². The lowest BCUT2D eigenvalue weighted by Gasteiger charge is -2.21. The van der Waals surface area contributed by atoms with Crippen LogP contribution in [-0.4, -0.2) is 38.0 Å². The van der Waals surface area contributed by atoms with Crippen LogP contribution in [0.5, 0.6) is 0 Å². The van der Waals surface area contributed by atoms with Crippen LogP contribution in [0.3, 0.4) is 0 Å². The average Bonchev–Trinajstić information content (AvgIpc) is 2.94. The van der Waals surface area contributed by atoms with Gasteiger partial charge in [-0.15, -0.1) is 0 Å². The van der Waals surface area contributed by atoms with Crippen molar-refractivity contribution in [2.24, 2.45) is 5.92 Å². The van der Waals surface area contributed by atoms with Crippen molar-refractivity contribution in [2.75, 3.05) is 11.4 Å². The highest BCUT2D eigenvalue weighted by molar-refractivity contribution is 7.89. The van der Waals surface area contributed by atoms with Crippen LogP contribution in [0.4, 0.5) is 5.69 Å². The number of nitrogens with one attached hydrogen (secondary N) is 1. The predicted molar refractivity (Wildman–Crippen MR) is 89.4 cm³/mol. The van der Waals surface area contributed by atoms with E-state index in [0.717, 1.165) is 5.56 Å². The van der Waals surface area contributed by atoms with E-state index in [1.54, 1.807) is 19.9 Å². The number of benzene rings is 1. The number of rotatable bonds is 6. The van der Waals surface area contributed by atoms with Gasteiger partial charge in [0, 0.05) is 19.2 Å². The molecule has 7 nitrogen and oxygen atoms in total. The number of hydrogen-bond donors (Lipinski definition) is 2. The summed E-state index contributed by atoms with van der Waals surface area (Å²) >= 11 is 0. The Hall–Kier alpha value is -1.93. The zero-order chi connectivity index (χ0) is 18.1. The molecule has 24 heavy (non-hydrogen) atoms. The number of nitrogens with zero attached hydrogens (tertiary/aromatic N) is 1. The molecule has 0 aromatic heterocycles. The largest absolute Gasteiger partial charge is 0.480 e. The van der Waals surface area contributed by atoms with Gasteiger partial charge in [-0.1, -0.05) is 26.3 Å².